The molecule has 1 atom stereocenters. The highest BCUT2D eigenvalue weighted by atomic mass is 19.1. The zero-order valence-corrected chi connectivity index (χ0v) is 10.9. The minimum absolute atomic E-state index is 0.121. The minimum atomic E-state index is -0.132. The molecule has 1 unspecified atom stereocenters. The van der Waals surface area contributed by atoms with Gasteiger partial charge in [-0.05, 0) is 30.0 Å². The third-order valence-corrected chi connectivity index (χ3v) is 3.25. The zero-order valence-electron chi connectivity index (χ0n) is 10.9. The summed E-state index contributed by atoms with van der Waals surface area (Å²) >= 11 is 0. The van der Waals surface area contributed by atoms with E-state index in [2.05, 4.69) is 6.92 Å². The van der Waals surface area contributed by atoms with Gasteiger partial charge in [0.1, 0.15) is 5.82 Å². The summed E-state index contributed by atoms with van der Waals surface area (Å²) in [7, 11) is 1.69. The summed E-state index contributed by atoms with van der Waals surface area (Å²) in [5.41, 5.74) is 2.69. The Morgan fingerprint density at radius 2 is 2.22 bits per heavy atom. The van der Waals surface area contributed by atoms with Crippen LogP contribution in [0.4, 0.5) is 4.39 Å². The lowest BCUT2D eigenvalue weighted by Gasteiger charge is -2.15. The van der Waals surface area contributed by atoms with Gasteiger partial charge in [0.05, 0.1) is 6.10 Å². The Bertz CT molecular complexity index is 474. The predicted octanol–water partition coefficient (Wildman–Crippen LogP) is 4.14. The predicted molar refractivity (Wildman–Crippen MR) is 72.9 cm³/mol. The third-order valence-electron chi connectivity index (χ3n) is 3.25. The molecule has 96 valence electrons. The molecule has 0 fully saturated rings. The van der Waals surface area contributed by atoms with Gasteiger partial charge in [0.2, 0.25) is 0 Å². The molecule has 0 N–H and O–H groups in total. The molecule has 0 spiro atoms. The summed E-state index contributed by atoms with van der Waals surface area (Å²) in [6.07, 6.45) is 8.85. The molecular formula is C16H19FO. The van der Waals surface area contributed by atoms with Gasteiger partial charge in [-0.25, -0.2) is 4.39 Å². The first-order valence-corrected chi connectivity index (χ1v) is 6.44. The van der Waals surface area contributed by atoms with Crippen LogP contribution >= 0.6 is 0 Å². The van der Waals surface area contributed by atoms with Crippen LogP contribution in [0.5, 0.6) is 0 Å². The number of methoxy groups -OCH3 is 1. The lowest BCUT2D eigenvalue weighted by Crippen LogP contribution is -2.08. The van der Waals surface area contributed by atoms with Crippen molar-refractivity contribution < 1.29 is 9.13 Å². The highest BCUT2D eigenvalue weighted by Crippen LogP contribution is 2.25. The second-order valence-corrected chi connectivity index (χ2v) is 4.59. The van der Waals surface area contributed by atoms with Crippen LogP contribution in [0.2, 0.25) is 0 Å². The van der Waals surface area contributed by atoms with Crippen LogP contribution in [0.3, 0.4) is 0 Å². The van der Waals surface area contributed by atoms with Crippen molar-refractivity contribution in [2.45, 2.75) is 32.3 Å². The summed E-state index contributed by atoms with van der Waals surface area (Å²) in [4.78, 5) is 0. The van der Waals surface area contributed by atoms with Crippen molar-refractivity contribution in [3.63, 3.8) is 0 Å². The van der Waals surface area contributed by atoms with Crippen LogP contribution in [0.1, 0.15) is 30.9 Å². The van der Waals surface area contributed by atoms with Gasteiger partial charge in [0.25, 0.3) is 0 Å². The number of ether oxygens (including phenoxy) is 1. The van der Waals surface area contributed by atoms with Crippen LogP contribution in [-0.2, 0) is 11.2 Å². The molecule has 2 rings (SSSR count). The van der Waals surface area contributed by atoms with Gasteiger partial charge < -0.3 is 4.74 Å². The molecule has 0 aliphatic heterocycles. The van der Waals surface area contributed by atoms with Gasteiger partial charge in [-0.15, -0.1) is 0 Å². The van der Waals surface area contributed by atoms with Crippen molar-refractivity contribution in [3.8, 4) is 0 Å². The molecule has 0 saturated heterocycles. The smallest absolute Gasteiger partial charge is 0.131 e. The van der Waals surface area contributed by atoms with Crippen molar-refractivity contribution in [2.24, 2.45) is 0 Å². The van der Waals surface area contributed by atoms with Gasteiger partial charge in [0, 0.05) is 12.7 Å². The van der Waals surface area contributed by atoms with E-state index < -0.39 is 0 Å². The van der Waals surface area contributed by atoms with E-state index in [0.29, 0.717) is 5.56 Å². The molecule has 0 aromatic heterocycles. The average Bonchev–Trinajstić information content (AvgIpc) is 2.40. The van der Waals surface area contributed by atoms with E-state index in [4.69, 9.17) is 4.74 Å². The Labute approximate surface area is 108 Å². The maximum absolute atomic E-state index is 14.0. The molecule has 0 saturated carbocycles. The van der Waals surface area contributed by atoms with Crippen LogP contribution in [-0.4, -0.2) is 13.2 Å². The largest absolute Gasteiger partial charge is 0.377 e. The van der Waals surface area contributed by atoms with Crippen LogP contribution in [0, 0.1) is 5.82 Å². The van der Waals surface area contributed by atoms with Crippen LogP contribution in [0.15, 0.2) is 36.4 Å². The molecule has 1 aromatic carbocycles. The highest BCUT2D eigenvalue weighted by Gasteiger charge is 2.12. The van der Waals surface area contributed by atoms with E-state index in [1.807, 2.05) is 30.4 Å². The first kappa shape index (κ1) is 13.0. The topological polar surface area (TPSA) is 9.23 Å². The van der Waals surface area contributed by atoms with Crippen LogP contribution in [0.25, 0.3) is 5.57 Å². The number of aryl methyl sites for hydroxylation is 1. The number of allylic oxidation sites excluding steroid dienone is 2. The second-order valence-electron chi connectivity index (χ2n) is 4.59. The number of hydrogen-bond donors (Lipinski definition) is 0. The summed E-state index contributed by atoms with van der Waals surface area (Å²) < 4.78 is 19.3. The molecule has 2 heteroatoms. The average molecular weight is 246 g/mol. The van der Waals surface area contributed by atoms with Crippen molar-refractivity contribution in [1.29, 1.82) is 0 Å². The van der Waals surface area contributed by atoms with Gasteiger partial charge in [-0.2, -0.15) is 0 Å². The third kappa shape index (κ3) is 2.88. The Kier molecular flexibility index (Phi) is 4.32. The fraction of sp³-hybridized carbons (Fsp3) is 0.375. The summed E-state index contributed by atoms with van der Waals surface area (Å²) in [6.45, 7) is 2.10. The van der Waals surface area contributed by atoms with E-state index >= 15 is 0 Å². The fourth-order valence-corrected chi connectivity index (χ4v) is 2.21. The van der Waals surface area contributed by atoms with Crippen molar-refractivity contribution in [3.05, 3.63) is 53.4 Å². The number of benzene rings is 1. The molecule has 0 radical (unpaired) electrons. The Morgan fingerprint density at radius 3 is 2.78 bits per heavy atom. The minimum Gasteiger partial charge on any atom is -0.377 e. The lowest BCUT2D eigenvalue weighted by atomic mass is 9.96. The number of hydrogen-bond acceptors (Lipinski definition) is 1. The van der Waals surface area contributed by atoms with Gasteiger partial charge in [-0.3, -0.25) is 0 Å². The van der Waals surface area contributed by atoms with Gasteiger partial charge in [0.15, 0.2) is 0 Å². The van der Waals surface area contributed by atoms with Crippen molar-refractivity contribution in [1.82, 2.24) is 0 Å². The van der Waals surface area contributed by atoms with Crippen molar-refractivity contribution in [2.75, 3.05) is 7.11 Å². The van der Waals surface area contributed by atoms with Gasteiger partial charge >= 0.3 is 0 Å². The lowest BCUT2D eigenvalue weighted by molar-refractivity contribution is 0.143. The van der Waals surface area contributed by atoms with Crippen LogP contribution < -0.4 is 0 Å². The quantitative estimate of drug-likeness (QED) is 0.776. The summed E-state index contributed by atoms with van der Waals surface area (Å²) in [6, 6.07) is 5.54. The second kappa shape index (κ2) is 5.96. The summed E-state index contributed by atoms with van der Waals surface area (Å²) in [5, 5.41) is 0. The molecule has 18 heavy (non-hydrogen) atoms. The van der Waals surface area contributed by atoms with E-state index in [0.717, 1.165) is 30.4 Å². The van der Waals surface area contributed by atoms with E-state index in [-0.39, 0.29) is 11.9 Å². The molecule has 1 aliphatic rings. The first-order chi connectivity index (χ1) is 8.74. The Morgan fingerprint density at radius 1 is 1.39 bits per heavy atom. The number of rotatable bonds is 4. The Hall–Kier alpha value is -1.41. The molecule has 1 aromatic rings. The summed E-state index contributed by atoms with van der Waals surface area (Å²) in [5.74, 6) is -0.132. The zero-order chi connectivity index (χ0) is 13.0. The van der Waals surface area contributed by atoms with E-state index in [1.54, 1.807) is 13.2 Å². The fourth-order valence-electron chi connectivity index (χ4n) is 2.21. The standard InChI is InChI=1S/C16H19FO/c1-3-4-12-5-10-15(16(17)11-12)13-6-8-14(18-2)9-7-13/h5-8,10-11,14H,3-4,9H2,1-2H3. The molecule has 0 heterocycles. The molecule has 0 amide bonds. The maximum Gasteiger partial charge on any atom is 0.131 e. The Balaban J connectivity index is 2.20. The highest BCUT2D eigenvalue weighted by molar-refractivity contribution is 5.75. The maximum atomic E-state index is 14.0. The normalized spacial score (nSPS) is 18.8. The molecule has 0 bridgehead atoms. The SMILES string of the molecule is CCCc1ccc(C2=CCC(OC)C=C2)c(F)c1. The number of halogens is 1. The monoisotopic (exact) mass is 246 g/mol. The van der Waals surface area contributed by atoms with E-state index in [9.17, 15) is 4.39 Å². The molecule has 1 aliphatic carbocycles. The van der Waals surface area contributed by atoms with E-state index in [1.165, 1.54) is 0 Å². The molecule has 1 nitrogen and oxygen atoms in total. The van der Waals surface area contributed by atoms with Crippen molar-refractivity contribution >= 4 is 5.57 Å². The first-order valence-electron chi connectivity index (χ1n) is 6.44. The molecular weight excluding hydrogens is 227 g/mol. The van der Waals surface area contributed by atoms with Gasteiger partial charge in [-0.1, -0.05) is 43.7 Å².